The maximum atomic E-state index is 11.1. The van der Waals surface area contributed by atoms with Crippen LogP contribution in [0.15, 0.2) is 36.4 Å². The van der Waals surface area contributed by atoms with E-state index in [9.17, 15) is 5.11 Å². The molecule has 1 heteroatoms. The summed E-state index contributed by atoms with van der Waals surface area (Å²) in [6, 6.07) is 12.7. The van der Waals surface area contributed by atoms with Crippen molar-refractivity contribution in [1.29, 1.82) is 0 Å². The Labute approximate surface area is 121 Å². The van der Waals surface area contributed by atoms with E-state index < -0.39 is 0 Å². The standard InChI is InChI=1S/C19H24O/c1-14-10-11-15-8-4-5-9-16(15)17(14)18(20)19(2)12-6-3-7-13-19/h4-5,8-11,18,20H,3,6-7,12-13H2,1-2H3. The van der Waals surface area contributed by atoms with Gasteiger partial charge in [-0.1, -0.05) is 62.6 Å². The van der Waals surface area contributed by atoms with Crippen LogP contribution in [0.2, 0.25) is 0 Å². The van der Waals surface area contributed by atoms with Crippen LogP contribution < -0.4 is 0 Å². The van der Waals surface area contributed by atoms with Crippen molar-refractivity contribution < 1.29 is 5.11 Å². The first-order valence-corrected chi connectivity index (χ1v) is 7.78. The highest BCUT2D eigenvalue weighted by atomic mass is 16.3. The molecule has 1 nitrogen and oxygen atoms in total. The summed E-state index contributed by atoms with van der Waals surface area (Å²) >= 11 is 0. The Morgan fingerprint density at radius 3 is 2.45 bits per heavy atom. The largest absolute Gasteiger partial charge is 0.388 e. The molecule has 20 heavy (non-hydrogen) atoms. The van der Waals surface area contributed by atoms with E-state index in [4.69, 9.17) is 0 Å². The Morgan fingerprint density at radius 2 is 1.70 bits per heavy atom. The summed E-state index contributed by atoms with van der Waals surface area (Å²) in [7, 11) is 0. The molecular weight excluding hydrogens is 244 g/mol. The van der Waals surface area contributed by atoms with Crippen molar-refractivity contribution in [2.75, 3.05) is 0 Å². The summed E-state index contributed by atoms with van der Waals surface area (Å²) in [5.41, 5.74) is 2.39. The van der Waals surface area contributed by atoms with E-state index in [2.05, 4.69) is 50.2 Å². The Bertz CT molecular complexity index is 608. The first-order chi connectivity index (χ1) is 9.62. The monoisotopic (exact) mass is 268 g/mol. The van der Waals surface area contributed by atoms with E-state index in [-0.39, 0.29) is 11.5 Å². The van der Waals surface area contributed by atoms with Gasteiger partial charge in [0.15, 0.2) is 0 Å². The molecule has 1 N–H and O–H groups in total. The maximum absolute atomic E-state index is 11.1. The van der Waals surface area contributed by atoms with Gasteiger partial charge in [-0.3, -0.25) is 0 Å². The summed E-state index contributed by atoms with van der Waals surface area (Å²) < 4.78 is 0. The third-order valence-corrected chi connectivity index (χ3v) is 5.12. The highest BCUT2D eigenvalue weighted by Gasteiger charge is 2.36. The molecule has 1 saturated carbocycles. The molecule has 2 aromatic carbocycles. The number of hydrogen-bond acceptors (Lipinski definition) is 1. The average Bonchev–Trinajstić information content (AvgIpc) is 2.47. The second kappa shape index (κ2) is 5.21. The Balaban J connectivity index is 2.11. The lowest BCUT2D eigenvalue weighted by Gasteiger charge is -2.39. The molecule has 0 spiro atoms. The van der Waals surface area contributed by atoms with Crippen LogP contribution in [0.25, 0.3) is 10.8 Å². The molecule has 2 aromatic rings. The Kier molecular flexibility index (Phi) is 3.55. The van der Waals surface area contributed by atoms with Crippen molar-refractivity contribution in [3.8, 4) is 0 Å². The minimum Gasteiger partial charge on any atom is -0.388 e. The molecule has 1 unspecified atom stereocenters. The van der Waals surface area contributed by atoms with E-state index in [1.165, 1.54) is 35.6 Å². The zero-order valence-electron chi connectivity index (χ0n) is 12.5. The lowest BCUT2D eigenvalue weighted by Crippen LogP contribution is -2.28. The normalized spacial score (nSPS) is 19.9. The number of aliphatic hydroxyl groups excluding tert-OH is 1. The van der Waals surface area contributed by atoms with Gasteiger partial charge in [0.2, 0.25) is 0 Å². The Morgan fingerprint density at radius 1 is 1.00 bits per heavy atom. The first-order valence-electron chi connectivity index (χ1n) is 7.78. The summed E-state index contributed by atoms with van der Waals surface area (Å²) in [4.78, 5) is 0. The fourth-order valence-electron chi connectivity index (χ4n) is 3.75. The van der Waals surface area contributed by atoms with Crippen molar-refractivity contribution in [2.24, 2.45) is 5.41 Å². The molecule has 1 aliphatic rings. The van der Waals surface area contributed by atoms with Gasteiger partial charge < -0.3 is 5.11 Å². The fraction of sp³-hybridized carbons (Fsp3) is 0.474. The third kappa shape index (κ3) is 2.25. The lowest BCUT2D eigenvalue weighted by molar-refractivity contribution is 0.00879. The first kappa shape index (κ1) is 13.6. The fourth-order valence-corrected chi connectivity index (χ4v) is 3.75. The molecule has 1 fully saturated rings. The van der Waals surface area contributed by atoms with Gasteiger partial charge in [-0.25, -0.2) is 0 Å². The van der Waals surface area contributed by atoms with Crippen molar-refractivity contribution in [1.82, 2.24) is 0 Å². The zero-order valence-corrected chi connectivity index (χ0v) is 12.5. The maximum Gasteiger partial charge on any atom is 0.0852 e. The van der Waals surface area contributed by atoms with Crippen LogP contribution in [0.1, 0.15) is 56.3 Å². The van der Waals surface area contributed by atoms with Crippen LogP contribution in [0.5, 0.6) is 0 Å². The smallest absolute Gasteiger partial charge is 0.0852 e. The number of rotatable bonds is 2. The molecule has 0 aromatic heterocycles. The number of aliphatic hydroxyl groups is 1. The molecular formula is C19H24O. The van der Waals surface area contributed by atoms with E-state index in [0.29, 0.717) is 0 Å². The topological polar surface area (TPSA) is 20.2 Å². The van der Waals surface area contributed by atoms with Gasteiger partial charge in [-0.15, -0.1) is 0 Å². The average molecular weight is 268 g/mol. The van der Waals surface area contributed by atoms with E-state index in [1.54, 1.807) is 0 Å². The molecule has 3 rings (SSSR count). The summed E-state index contributed by atoms with van der Waals surface area (Å²) in [6.07, 6.45) is 5.73. The molecule has 1 aliphatic carbocycles. The van der Waals surface area contributed by atoms with E-state index in [1.807, 2.05) is 0 Å². The zero-order chi connectivity index (χ0) is 14.2. The van der Waals surface area contributed by atoms with Crippen LogP contribution in [0, 0.1) is 12.3 Å². The molecule has 106 valence electrons. The van der Waals surface area contributed by atoms with Gasteiger partial charge in [-0.2, -0.15) is 0 Å². The van der Waals surface area contributed by atoms with Gasteiger partial charge in [0, 0.05) is 0 Å². The third-order valence-electron chi connectivity index (χ3n) is 5.12. The van der Waals surface area contributed by atoms with E-state index >= 15 is 0 Å². The lowest BCUT2D eigenvalue weighted by atomic mass is 9.69. The molecule has 0 amide bonds. The van der Waals surface area contributed by atoms with Crippen LogP contribution in [-0.4, -0.2) is 5.11 Å². The predicted molar refractivity (Wildman–Crippen MR) is 84.8 cm³/mol. The summed E-state index contributed by atoms with van der Waals surface area (Å²) in [5.74, 6) is 0. The van der Waals surface area contributed by atoms with Crippen LogP contribution >= 0.6 is 0 Å². The van der Waals surface area contributed by atoms with Crippen LogP contribution in [0.3, 0.4) is 0 Å². The summed E-state index contributed by atoms with van der Waals surface area (Å²) in [5, 5.41) is 13.5. The number of benzene rings is 2. The summed E-state index contributed by atoms with van der Waals surface area (Å²) in [6.45, 7) is 4.38. The van der Waals surface area contributed by atoms with Crippen molar-refractivity contribution in [3.05, 3.63) is 47.5 Å². The van der Waals surface area contributed by atoms with E-state index in [0.717, 1.165) is 18.4 Å². The van der Waals surface area contributed by atoms with Crippen LogP contribution in [-0.2, 0) is 0 Å². The quantitative estimate of drug-likeness (QED) is 0.798. The highest BCUT2D eigenvalue weighted by Crippen LogP contribution is 2.47. The molecule has 0 bridgehead atoms. The van der Waals surface area contributed by atoms with Crippen LogP contribution in [0.4, 0.5) is 0 Å². The molecule has 0 radical (unpaired) electrons. The SMILES string of the molecule is Cc1ccc2ccccc2c1C(O)C1(C)CCCCC1. The number of fused-ring (bicyclic) bond motifs is 1. The van der Waals surface area contributed by atoms with Crippen molar-refractivity contribution >= 4 is 10.8 Å². The second-order valence-corrected chi connectivity index (χ2v) is 6.63. The molecule has 0 heterocycles. The molecule has 1 atom stereocenters. The van der Waals surface area contributed by atoms with Gasteiger partial charge in [0.1, 0.15) is 0 Å². The minimum atomic E-state index is -0.353. The van der Waals surface area contributed by atoms with Crippen molar-refractivity contribution in [2.45, 2.75) is 52.1 Å². The number of hydrogen-bond donors (Lipinski definition) is 1. The molecule has 0 saturated heterocycles. The van der Waals surface area contributed by atoms with Gasteiger partial charge in [0.25, 0.3) is 0 Å². The predicted octanol–water partition coefficient (Wildman–Crippen LogP) is 5.15. The van der Waals surface area contributed by atoms with Gasteiger partial charge in [-0.05, 0) is 47.1 Å². The van der Waals surface area contributed by atoms with Gasteiger partial charge >= 0.3 is 0 Å². The second-order valence-electron chi connectivity index (χ2n) is 6.63. The molecule has 0 aliphatic heterocycles. The van der Waals surface area contributed by atoms with Gasteiger partial charge in [0.05, 0.1) is 6.10 Å². The van der Waals surface area contributed by atoms with Crippen molar-refractivity contribution in [3.63, 3.8) is 0 Å². The minimum absolute atomic E-state index is 0.0349. The highest BCUT2D eigenvalue weighted by molar-refractivity contribution is 5.87. The number of aryl methyl sites for hydroxylation is 1. The Hall–Kier alpha value is -1.34.